The molecule has 1 aromatic heterocycles. The first-order valence-corrected chi connectivity index (χ1v) is 9.16. The van der Waals surface area contributed by atoms with E-state index in [1.54, 1.807) is 0 Å². The second-order valence-electron chi connectivity index (χ2n) is 7.19. The molecule has 1 saturated carbocycles. The van der Waals surface area contributed by atoms with E-state index >= 15 is 0 Å². The maximum absolute atomic E-state index is 11.0. The molecule has 0 radical (unpaired) electrons. The highest BCUT2D eigenvalue weighted by atomic mass is 16.4. The summed E-state index contributed by atoms with van der Waals surface area (Å²) in [5, 5.41) is 12.4. The van der Waals surface area contributed by atoms with Gasteiger partial charge in [-0.2, -0.15) is 0 Å². The molecule has 0 unspecified atom stereocenters. The molecular formula is C18H28N4O2. The number of rotatable bonds is 5. The minimum atomic E-state index is -0.719. The van der Waals surface area contributed by atoms with Gasteiger partial charge in [-0.25, -0.2) is 9.97 Å². The Kier molecular flexibility index (Phi) is 6.15. The molecule has 2 fully saturated rings. The maximum atomic E-state index is 11.0. The topological polar surface area (TPSA) is 78.4 Å². The van der Waals surface area contributed by atoms with Gasteiger partial charge in [0.2, 0.25) is 0 Å². The van der Waals surface area contributed by atoms with Crippen LogP contribution < -0.4 is 5.32 Å². The Hall–Kier alpha value is -1.53. The van der Waals surface area contributed by atoms with Crippen LogP contribution in [0.1, 0.15) is 55.8 Å². The first-order valence-electron chi connectivity index (χ1n) is 9.16. The molecule has 0 amide bonds. The third kappa shape index (κ3) is 4.98. The molecule has 1 atom stereocenters. The second-order valence-corrected chi connectivity index (χ2v) is 7.19. The maximum Gasteiger partial charge on any atom is 0.303 e. The van der Waals surface area contributed by atoms with Gasteiger partial charge >= 0.3 is 5.97 Å². The van der Waals surface area contributed by atoms with Crippen LogP contribution in [0.25, 0.3) is 0 Å². The summed E-state index contributed by atoms with van der Waals surface area (Å²) in [6.07, 6.45) is 10.5. The number of carboxylic acids is 1. The van der Waals surface area contributed by atoms with Crippen molar-refractivity contribution >= 4 is 5.97 Å². The van der Waals surface area contributed by atoms with E-state index in [0.29, 0.717) is 5.92 Å². The zero-order chi connectivity index (χ0) is 16.8. The lowest BCUT2D eigenvalue weighted by Crippen LogP contribution is -2.30. The van der Waals surface area contributed by atoms with Crippen molar-refractivity contribution in [3.8, 4) is 0 Å². The second kappa shape index (κ2) is 8.53. The van der Waals surface area contributed by atoms with Crippen molar-refractivity contribution < 1.29 is 9.90 Å². The zero-order valence-electron chi connectivity index (χ0n) is 14.3. The normalized spacial score (nSPS) is 23.8. The van der Waals surface area contributed by atoms with E-state index < -0.39 is 5.97 Å². The molecule has 0 bridgehead atoms. The predicted molar refractivity (Wildman–Crippen MR) is 91.7 cm³/mol. The predicted octanol–water partition coefficient (Wildman–Crippen LogP) is 2.02. The highest BCUT2D eigenvalue weighted by Crippen LogP contribution is 2.30. The summed E-state index contributed by atoms with van der Waals surface area (Å²) in [7, 11) is 0. The Balaban J connectivity index is 1.57. The van der Waals surface area contributed by atoms with Gasteiger partial charge in [-0.1, -0.05) is 19.3 Å². The van der Waals surface area contributed by atoms with Crippen LogP contribution in [0.2, 0.25) is 0 Å². The van der Waals surface area contributed by atoms with Gasteiger partial charge in [0.1, 0.15) is 5.82 Å². The number of carboxylic acid groups (broad SMARTS) is 1. The number of aliphatic carboxylic acids is 1. The van der Waals surface area contributed by atoms with Gasteiger partial charge in [-0.3, -0.25) is 9.69 Å². The fraction of sp³-hybridized carbons (Fsp3) is 0.722. The molecule has 6 heteroatoms. The summed E-state index contributed by atoms with van der Waals surface area (Å²) in [4.78, 5) is 22.5. The lowest BCUT2D eigenvalue weighted by Gasteiger charge is -2.23. The molecule has 0 spiro atoms. The molecule has 2 aliphatic rings. The minimum Gasteiger partial charge on any atom is -0.481 e. The van der Waals surface area contributed by atoms with Crippen molar-refractivity contribution in [3.63, 3.8) is 0 Å². The van der Waals surface area contributed by atoms with Crippen LogP contribution >= 0.6 is 0 Å². The highest BCUT2D eigenvalue weighted by molar-refractivity contribution is 5.67. The van der Waals surface area contributed by atoms with E-state index in [1.807, 2.05) is 12.4 Å². The third-order valence-electron chi connectivity index (χ3n) is 5.12. The van der Waals surface area contributed by atoms with Gasteiger partial charge in [0, 0.05) is 50.1 Å². The minimum absolute atomic E-state index is 0.160. The quantitative estimate of drug-likeness (QED) is 0.859. The Morgan fingerprint density at radius 3 is 2.71 bits per heavy atom. The van der Waals surface area contributed by atoms with Crippen LogP contribution in [0.4, 0.5) is 0 Å². The first-order chi connectivity index (χ1) is 11.7. The van der Waals surface area contributed by atoms with Gasteiger partial charge in [0.15, 0.2) is 0 Å². The summed E-state index contributed by atoms with van der Waals surface area (Å²) in [6.45, 7) is 4.21. The third-order valence-corrected chi connectivity index (χ3v) is 5.12. The van der Waals surface area contributed by atoms with E-state index in [0.717, 1.165) is 44.1 Å². The van der Waals surface area contributed by atoms with Crippen molar-refractivity contribution in [2.24, 2.45) is 5.92 Å². The monoisotopic (exact) mass is 332 g/mol. The molecule has 3 rings (SSSR count). The number of nitrogens with one attached hydrogen (secondary N) is 1. The van der Waals surface area contributed by atoms with Crippen molar-refractivity contribution in [1.82, 2.24) is 20.2 Å². The molecule has 24 heavy (non-hydrogen) atoms. The van der Waals surface area contributed by atoms with Crippen molar-refractivity contribution in [1.29, 1.82) is 0 Å². The molecule has 132 valence electrons. The zero-order valence-corrected chi connectivity index (χ0v) is 14.3. The first kappa shape index (κ1) is 17.3. The summed E-state index contributed by atoms with van der Waals surface area (Å²) in [5.41, 5.74) is 1.12. The largest absolute Gasteiger partial charge is 0.481 e. The molecule has 1 aliphatic carbocycles. The fourth-order valence-corrected chi connectivity index (χ4v) is 3.87. The molecule has 1 saturated heterocycles. The number of hydrogen-bond acceptors (Lipinski definition) is 5. The van der Waals surface area contributed by atoms with Crippen molar-refractivity contribution in [3.05, 3.63) is 23.8 Å². The Labute approximate surface area is 143 Å². The smallest absolute Gasteiger partial charge is 0.303 e. The number of aromatic nitrogens is 2. The lowest BCUT2D eigenvalue weighted by molar-refractivity contribution is -0.138. The van der Waals surface area contributed by atoms with Crippen LogP contribution in [0.5, 0.6) is 0 Å². The Bertz CT molecular complexity index is 528. The van der Waals surface area contributed by atoms with E-state index in [1.165, 1.54) is 32.1 Å². The van der Waals surface area contributed by atoms with Crippen molar-refractivity contribution in [2.45, 2.75) is 51.0 Å². The van der Waals surface area contributed by atoms with Crippen molar-refractivity contribution in [2.75, 3.05) is 26.2 Å². The molecule has 1 aliphatic heterocycles. The summed E-state index contributed by atoms with van der Waals surface area (Å²) < 4.78 is 0. The van der Waals surface area contributed by atoms with Gasteiger partial charge in [-0.05, 0) is 25.3 Å². The highest BCUT2D eigenvalue weighted by Gasteiger charge is 2.21. The summed E-state index contributed by atoms with van der Waals surface area (Å²) in [5.74, 6) is 0.978. The molecular weight excluding hydrogens is 304 g/mol. The standard InChI is InChI=1S/C18H28N4O2/c23-17(24)8-14-9-19-6-7-22(12-14)13-15-10-20-18(21-11-15)16-4-2-1-3-5-16/h10-11,14,16,19H,1-9,12-13H2,(H,23,24)/t14-/m1/s1. The number of carbonyl (C=O) groups is 1. The van der Waals surface area contributed by atoms with Crippen LogP contribution in [0.15, 0.2) is 12.4 Å². The lowest BCUT2D eigenvalue weighted by atomic mass is 9.89. The Morgan fingerprint density at radius 2 is 2.00 bits per heavy atom. The van der Waals surface area contributed by atoms with Crippen LogP contribution in [-0.2, 0) is 11.3 Å². The van der Waals surface area contributed by atoms with E-state index in [2.05, 4.69) is 20.2 Å². The number of nitrogens with zero attached hydrogens (tertiary/aromatic N) is 3. The summed E-state index contributed by atoms with van der Waals surface area (Å²) in [6, 6.07) is 0. The van der Waals surface area contributed by atoms with E-state index in [9.17, 15) is 4.79 Å². The summed E-state index contributed by atoms with van der Waals surface area (Å²) >= 11 is 0. The van der Waals surface area contributed by atoms with Crippen LogP contribution in [0.3, 0.4) is 0 Å². The molecule has 2 heterocycles. The van der Waals surface area contributed by atoms with Gasteiger partial charge in [0.05, 0.1) is 6.42 Å². The average Bonchev–Trinajstić information content (AvgIpc) is 2.81. The SMILES string of the molecule is O=C(O)C[C@@H]1CNCCN(Cc2cnc(C3CCCCC3)nc2)C1. The molecule has 0 aromatic carbocycles. The van der Waals surface area contributed by atoms with Crippen LogP contribution in [0, 0.1) is 5.92 Å². The van der Waals surface area contributed by atoms with Gasteiger partial charge in [-0.15, -0.1) is 0 Å². The van der Waals surface area contributed by atoms with Gasteiger partial charge < -0.3 is 10.4 Å². The van der Waals surface area contributed by atoms with Gasteiger partial charge in [0.25, 0.3) is 0 Å². The molecule has 1 aromatic rings. The van der Waals surface area contributed by atoms with E-state index in [-0.39, 0.29) is 12.3 Å². The fourth-order valence-electron chi connectivity index (χ4n) is 3.87. The molecule has 2 N–H and O–H groups in total. The average molecular weight is 332 g/mol. The van der Waals surface area contributed by atoms with Crippen LogP contribution in [-0.4, -0.2) is 52.1 Å². The number of hydrogen-bond donors (Lipinski definition) is 2. The Morgan fingerprint density at radius 1 is 1.25 bits per heavy atom. The van der Waals surface area contributed by atoms with E-state index in [4.69, 9.17) is 5.11 Å². The molecule has 6 nitrogen and oxygen atoms in total.